The maximum Gasteiger partial charge on any atom is 0.295 e. The average Bonchev–Trinajstić information content (AvgIpc) is 4.04. The van der Waals surface area contributed by atoms with Gasteiger partial charge in [0.25, 0.3) is 20.2 Å². The molecule has 10 nitrogen and oxygen atoms in total. The highest BCUT2D eigenvalue weighted by Gasteiger charge is 2.25. The summed E-state index contributed by atoms with van der Waals surface area (Å²) in [7, 11) is -9.39. The van der Waals surface area contributed by atoms with Gasteiger partial charge in [0.05, 0.1) is 0 Å². The largest absolute Gasteiger partial charge is 0.354 e. The van der Waals surface area contributed by atoms with E-state index in [9.17, 15) is 25.9 Å². The lowest BCUT2D eigenvalue weighted by atomic mass is 9.98. The van der Waals surface area contributed by atoms with Gasteiger partial charge >= 0.3 is 0 Å². The van der Waals surface area contributed by atoms with Crippen LogP contribution in [0.1, 0.15) is 56.2 Å². The molecule has 0 aliphatic carbocycles. The van der Waals surface area contributed by atoms with Crippen molar-refractivity contribution in [3.05, 3.63) is 223 Å². The highest BCUT2D eigenvalue weighted by molar-refractivity contribution is 7.86. The Kier molecular flexibility index (Phi) is 8.94. The lowest BCUT2D eigenvalue weighted by Crippen LogP contribution is -2.20. The van der Waals surface area contributed by atoms with Gasteiger partial charge in [-0.15, -0.1) is 0 Å². The van der Waals surface area contributed by atoms with E-state index in [1.807, 2.05) is 60.7 Å². The van der Waals surface area contributed by atoms with Crippen LogP contribution >= 0.6 is 0 Å². The number of hydrogen-bond donors (Lipinski definition) is 6. The summed E-state index contributed by atoms with van der Waals surface area (Å²) in [6.45, 7) is 4.10. The summed E-state index contributed by atoms with van der Waals surface area (Å²) < 4.78 is 72.6. The molecule has 288 valence electrons. The number of aromatic amines is 4. The molecule has 1 aliphatic rings. The van der Waals surface area contributed by atoms with Crippen LogP contribution in [0.5, 0.6) is 0 Å². The van der Waals surface area contributed by atoms with Gasteiger partial charge in [0.15, 0.2) is 0 Å². The van der Waals surface area contributed by atoms with Crippen molar-refractivity contribution in [3.8, 4) is 0 Å². The van der Waals surface area contributed by atoms with Crippen LogP contribution in [0.15, 0.2) is 155 Å². The molecule has 0 amide bonds. The second kappa shape index (κ2) is 14.0. The first-order valence-electron chi connectivity index (χ1n) is 18.4. The molecule has 0 unspecified atom stereocenters. The van der Waals surface area contributed by atoms with Crippen LogP contribution in [0.25, 0.3) is 22.3 Å². The molecular formula is C46H36N4O6S2. The van der Waals surface area contributed by atoms with Crippen molar-refractivity contribution < 1.29 is 25.9 Å². The predicted octanol–water partition coefficient (Wildman–Crippen LogP) is 5.41. The SMILES string of the molecule is Cc1ccccc1C1=c2ccc([nH]2)=C(c2ccccc2C)c2ccc([nH]2)C(c2ccccc2S(=O)(=O)O)=c2ccc([nH]2)=C(c2ccccc2S(=O)(=O)O)c2ccc1[nH]2. The van der Waals surface area contributed by atoms with E-state index in [0.29, 0.717) is 33.2 Å². The Hall–Kier alpha value is -6.70. The first-order chi connectivity index (χ1) is 27.9. The Morgan fingerprint density at radius 3 is 0.931 bits per heavy atom. The molecule has 0 saturated carbocycles. The van der Waals surface area contributed by atoms with Gasteiger partial charge in [-0.2, -0.15) is 16.8 Å². The van der Waals surface area contributed by atoms with Gasteiger partial charge in [0, 0.05) is 77.6 Å². The van der Waals surface area contributed by atoms with Gasteiger partial charge in [-0.1, -0.05) is 84.9 Å². The van der Waals surface area contributed by atoms with Gasteiger partial charge in [0.2, 0.25) is 0 Å². The first kappa shape index (κ1) is 36.9. The van der Waals surface area contributed by atoms with Gasteiger partial charge in [-0.05, 0) is 96.8 Å². The summed E-state index contributed by atoms with van der Waals surface area (Å²) >= 11 is 0. The molecule has 4 aromatic heterocycles. The molecule has 4 aromatic carbocycles. The third kappa shape index (κ3) is 6.47. The van der Waals surface area contributed by atoms with E-state index in [1.165, 1.54) is 12.1 Å². The Balaban J connectivity index is 1.50. The quantitative estimate of drug-likeness (QED) is 0.123. The van der Waals surface area contributed by atoms with Crippen molar-refractivity contribution in [3.63, 3.8) is 0 Å². The van der Waals surface area contributed by atoms with Crippen LogP contribution in [-0.2, 0) is 20.2 Å². The minimum atomic E-state index is -4.69. The predicted molar refractivity (Wildman–Crippen MR) is 223 cm³/mol. The number of aryl methyl sites for hydroxylation is 2. The van der Waals surface area contributed by atoms with Crippen molar-refractivity contribution in [1.29, 1.82) is 0 Å². The van der Waals surface area contributed by atoms with Crippen LogP contribution in [-0.4, -0.2) is 45.9 Å². The summed E-state index contributed by atoms with van der Waals surface area (Å²) in [5, 5.41) is 2.57. The second-order valence-corrected chi connectivity index (χ2v) is 17.0. The molecular weight excluding hydrogens is 769 g/mol. The molecule has 0 fully saturated rings. The Labute approximate surface area is 333 Å². The van der Waals surface area contributed by atoms with E-state index in [4.69, 9.17) is 0 Å². The second-order valence-electron chi connectivity index (χ2n) is 14.2. The lowest BCUT2D eigenvalue weighted by Gasteiger charge is -2.13. The van der Waals surface area contributed by atoms with Crippen molar-refractivity contribution in [2.24, 2.45) is 0 Å². The van der Waals surface area contributed by atoms with Crippen LogP contribution < -0.4 is 21.4 Å². The molecule has 6 N–H and O–H groups in total. The van der Waals surface area contributed by atoms with E-state index in [0.717, 1.165) is 55.5 Å². The highest BCUT2D eigenvalue weighted by atomic mass is 32.2. The molecule has 8 aromatic rings. The van der Waals surface area contributed by atoms with E-state index in [2.05, 4.69) is 58.0 Å². The fraction of sp³-hybridized carbons (Fsp3) is 0.0435. The van der Waals surface area contributed by atoms with Crippen molar-refractivity contribution in [1.82, 2.24) is 19.9 Å². The highest BCUT2D eigenvalue weighted by Crippen LogP contribution is 2.32. The normalized spacial score (nSPS) is 13.3. The summed E-state index contributed by atoms with van der Waals surface area (Å²) in [4.78, 5) is 13.8. The third-order valence-electron chi connectivity index (χ3n) is 10.6. The molecule has 9 rings (SSSR count). The summed E-state index contributed by atoms with van der Waals surface area (Å²) in [6, 6.07) is 43.8. The zero-order valence-electron chi connectivity index (χ0n) is 31.2. The first-order valence-corrected chi connectivity index (χ1v) is 21.3. The molecule has 8 bridgehead atoms. The minimum absolute atomic E-state index is 0.229. The number of hydrogen-bond acceptors (Lipinski definition) is 4. The number of H-pyrrole nitrogens is 4. The number of benzene rings is 4. The molecule has 12 heteroatoms. The standard InChI is InChI=1S/C46H36N4O6S2/c1-27-11-3-5-13-29(27)43-33-19-20-34(47-33)44(30-14-6-4-12-28(30)2)36-22-24-38(49-36)46(32-16-8-10-18-42(32)58(54,55)56)40-26-25-39(50-40)45(37-23-21-35(43)48-37)31-15-7-9-17-41(31)57(51,52)53/h3-26,47-50H,1-2H3,(H,51,52,53)(H,54,55,56). The Bertz CT molecular complexity index is 3220. The third-order valence-corrected chi connectivity index (χ3v) is 12.4. The van der Waals surface area contributed by atoms with E-state index >= 15 is 0 Å². The van der Waals surface area contributed by atoms with Crippen LogP contribution in [0.3, 0.4) is 0 Å². The topological polar surface area (TPSA) is 172 Å². The van der Waals surface area contributed by atoms with Gasteiger partial charge < -0.3 is 19.9 Å². The number of nitrogens with one attached hydrogen (secondary N) is 4. The maximum atomic E-state index is 12.9. The molecule has 58 heavy (non-hydrogen) atoms. The number of aromatic nitrogens is 4. The average molecular weight is 805 g/mol. The maximum absolute atomic E-state index is 12.9. The fourth-order valence-corrected chi connectivity index (χ4v) is 9.39. The molecule has 0 radical (unpaired) electrons. The number of rotatable bonds is 6. The van der Waals surface area contributed by atoms with Crippen molar-refractivity contribution >= 4 is 42.5 Å². The van der Waals surface area contributed by atoms with E-state index in [1.54, 1.807) is 48.5 Å². The molecule has 0 spiro atoms. The molecule has 0 saturated heterocycles. The summed E-state index contributed by atoms with van der Waals surface area (Å²) in [5.41, 5.74) is 9.68. The lowest BCUT2D eigenvalue weighted by molar-refractivity contribution is 0.480. The van der Waals surface area contributed by atoms with E-state index < -0.39 is 20.2 Å². The zero-order chi connectivity index (χ0) is 40.3. The summed E-state index contributed by atoms with van der Waals surface area (Å²) in [6.07, 6.45) is 0. The van der Waals surface area contributed by atoms with Crippen LogP contribution in [0.4, 0.5) is 0 Å². The summed E-state index contributed by atoms with van der Waals surface area (Å²) in [5.74, 6) is 0. The van der Waals surface area contributed by atoms with Gasteiger partial charge in [-0.25, -0.2) is 0 Å². The van der Waals surface area contributed by atoms with E-state index in [-0.39, 0.29) is 20.9 Å². The smallest absolute Gasteiger partial charge is 0.295 e. The van der Waals surface area contributed by atoms with Crippen molar-refractivity contribution in [2.75, 3.05) is 0 Å². The molecule has 1 aliphatic heterocycles. The Morgan fingerprint density at radius 1 is 0.345 bits per heavy atom. The molecule has 0 atom stereocenters. The van der Waals surface area contributed by atoms with Crippen LogP contribution in [0, 0.1) is 13.8 Å². The van der Waals surface area contributed by atoms with Gasteiger partial charge in [-0.3, -0.25) is 9.11 Å². The number of fused-ring (bicyclic) bond motifs is 8. The van der Waals surface area contributed by atoms with Gasteiger partial charge in [0.1, 0.15) is 9.79 Å². The zero-order valence-corrected chi connectivity index (χ0v) is 32.8. The monoisotopic (exact) mass is 804 g/mol. The Morgan fingerprint density at radius 2 is 0.621 bits per heavy atom. The minimum Gasteiger partial charge on any atom is -0.354 e. The fourth-order valence-electron chi connectivity index (χ4n) is 7.99. The van der Waals surface area contributed by atoms with Crippen LogP contribution in [0.2, 0.25) is 0 Å². The van der Waals surface area contributed by atoms with Crippen molar-refractivity contribution in [2.45, 2.75) is 23.6 Å². The molecule has 5 heterocycles.